The monoisotopic (exact) mass is 345 g/mol. The molecule has 0 bridgehead atoms. The van der Waals surface area contributed by atoms with Crippen LogP contribution >= 0.6 is 27.3 Å². The van der Waals surface area contributed by atoms with Crippen LogP contribution in [0.4, 0.5) is 10.8 Å². The van der Waals surface area contributed by atoms with Crippen LogP contribution in [0.25, 0.3) is 11.3 Å². The number of para-hydroxylation sites is 1. The Morgan fingerprint density at radius 2 is 1.80 bits per heavy atom. The summed E-state index contributed by atoms with van der Waals surface area (Å²) in [5.41, 5.74) is 9.31. The lowest BCUT2D eigenvalue weighted by Gasteiger charge is -2.05. The predicted molar refractivity (Wildman–Crippen MR) is 88.9 cm³/mol. The molecule has 1 aromatic heterocycles. The molecule has 0 unspecified atom stereocenters. The van der Waals surface area contributed by atoms with Gasteiger partial charge in [0.2, 0.25) is 5.13 Å². The molecule has 3 nitrogen and oxygen atoms in total. The highest BCUT2D eigenvalue weighted by molar-refractivity contribution is 9.10. The van der Waals surface area contributed by atoms with Crippen molar-refractivity contribution in [2.24, 2.45) is 0 Å². The molecule has 2 N–H and O–H groups in total. The summed E-state index contributed by atoms with van der Waals surface area (Å²) in [5.74, 6) is 0. The van der Waals surface area contributed by atoms with Crippen molar-refractivity contribution < 1.29 is 0 Å². The number of hydrogen-bond acceptors (Lipinski definition) is 4. The SMILES string of the molecule is Brc1cccc(-c2csc(NNc3ccccc3)n2)c1. The van der Waals surface area contributed by atoms with Crippen molar-refractivity contribution in [3.05, 3.63) is 64.5 Å². The zero-order valence-electron chi connectivity index (χ0n) is 10.5. The van der Waals surface area contributed by atoms with Gasteiger partial charge < -0.3 is 0 Å². The molecule has 0 atom stereocenters. The van der Waals surface area contributed by atoms with Crippen LogP contribution in [0.1, 0.15) is 0 Å². The average molecular weight is 346 g/mol. The first kappa shape index (κ1) is 13.1. The summed E-state index contributed by atoms with van der Waals surface area (Å²) in [6.45, 7) is 0. The maximum atomic E-state index is 4.56. The molecular weight excluding hydrogens is 334 g/mol. The average Bonchev–Trinajstić information content (AvgIpc) is 2.95. The van der Waals surface area contributed by atoms with E-state index in [2.05, 4.69) is 37.8 Å². The van der Waals surface area contributed by atoms with Crippen LogP contribution < -0.4 is 10.9 Å². The lowest BCUT2D eigenvalue weighted by Crippen LogP contribution is -2.07. The molecule has 1 heterocycles. The van der Waals surface area contributed by atoms with Gasteiger partial charge in [0.25, 0.3) is 0 Å². The smallest absolute Gasteiger partial charge is 0.202 e. The number of rotatable bonds is 4. The maximum absolute atomic E-state index is 4.56. The number of hydrazine groups is 1. The largest absolute Gasteiger partial charge is 0.299 e. The number of benzene rings is 2. The zero-order chi connectivity index (χ0) is 13.8. The summed E-state index contributed by atoms with van der Waals surface area (Å²) < 4.78 is 1.06. The van der Waals surface area contributed by atoms with Gasteiger partial charge in [0.15, 0.2) is 0 Å². The van der Waals surface area contributed by atoms with E-state index < -0.39 is 0 Å². The highest BCUT2D eigenvalue weighted by Gasteiger charge is 2.04. The number of nitrogens with one attached hydrogen (secondary N) is 2. The number of halogens is 1. The molecule has 0 aliphatic rings. The molecular formula is C15H12BrN3S. The molecule has 0 aliphatic heterocycles. The summed E-state index contributed by atoms with van der Waals surface area (Å²) in [5, 5.41) is 2.88. The molecule has 3 aromatic rings. The quantitative estimate of drug-likeness (QED) is 0.652. The Balaban J connectivity index is 1.71. The van der Waals surface area contributed by atoms with E-state index in [0.29, 0.717) is 0 Å². The third-order valence-corrected chi connectivity index (χ3v) is 3.96. The first-order valence-electron chi connectivity index (χ1n) is 6.10. The standard InChI is InChI=1S/C15H12BrN3S/c16-12-6-4-5-11(9-12)14-10-20-15(17-14)19-18-13-7-2-1-3-8-13/h1-10,18H,(H,17,19). The van der Waals surface area contributed by atoms with Crippen LogP contribution in [0.5, 0.6) is 0 Å². The van der Waals surface area contributed by atoms with E-state index in [1.54, 1.807) is 11.3 Å². The van der Waals surface area contributed by atoms with E-state index in [-0.39, 0.29) is 0 Å². The van der Waals surface area contributed by atoms with Gasteiger partial charge in [-0.25, -0.2) is 4.98 Å². The van der Waals surface area contributed by atoms with Gasteiger partial charge in [-0.05, 0) is 24.3 Å². The van der Waals surface area contributed by atoms with Crippen molar-refractivity contribution in [2.45, 2.75) is 0 Å². The van der Waals surface area contributed by atoms with E-state index in [1.165, 1.54) is 0 Å². The van der Waals surface area contributed by atoms with Gasteiger partial charge in [0.05, 0.1) is 11.4 Å². The Labute approximate surface area is 129 Å². The molecule has 0 radical (unpaired) electrons. The number of anilines is 2. The van der Waals surface area contributed by atoms with Gasteiger partial charge in [-0.2, -0.15) is 0 Å². The molecule has 0 fully saturated rings. The summed E-state index contributed by atoms with van der Waals surface area (Å²) in [6.07, 6.45) is 0. The van der Waals surface area contributed by atoms with Gasteiger partial charge in [-0.3, -0.25) is 10.9 Å². The van der Waals surface area contributed by atoms with Gasteiger partial charge >= 0.3 is 0 Å². The second-order valence-corrected chi connectivity index (χ2v) is 5.94. The number of thiazole rings is 1. The van der Waals surface area contributed by atoms with Gasteiger partial charge in [0, 0.05) is 15.4 Å². The van der Waals surface area contributed by atoms with Crippen molar-refractivity contribution >= 4 is 38.1 Å². The van der Waals surface area contributed by atoms with Crippen LogP contribution in [0.2, 0.25) is 0 Å². The second-order valence-electron chi connectivity index (χ2n) is 4.16. The third-order valence-electron chi connectivity index (χ3n) is 2.71. The molecule has 5 heteroatoms. The van der Waals surface area contributed by atoms with Crippen molar-refractivity contribution in [3.63, 3.8) is 0 Å². The van der Waals surface area contributed by atoms with Crippen LogP contribution in [-0.2, 0) is 0 Å². The Hall–Kier alpha value is -1.85. The van der Waals surface area contributed by atoms with E-state index in [9.17, 15) is 0 Å². The zero-order valence-corrected chi connectivity index (χ0v) is 12.9. The van der Waals surface area contributed by atoms with Crippen molar-refractivity contribution in [3.8, 4) is 11.3 Å². The highest BCUT2D eigenvalue weighted by atomic mass is 79.9. The Kier molecular flexibility index (Phi) is 3.99. The van der Waals surface area contributed by atoms with E-state index >= 15 is 0 Å². The van der Waals surface area contributed by atoms with Crippen LogP contribution in [0.15, 0.2) is 64.5 Å². The summed E-state index contributed by atoms with van der Waals surface area (Å²) in [4.78, 5) is 4.56. The fourth-order valence-corrected chi connectivity index (χ4v) is 2.83. The summed E-state index contributed by atoms with van der Waals surface area (Å²) in [7, 11) is 0. The molecule has 0 saturated heterocycles. The molecule has 0 amide bonds. The minimum atomic E-state index is 0.837. The first-order chi connectivity index (χ1) is 9.81. The summed E-state index contributed by atoms with van der Waals surface area (Å²) >= 11 is 5.04. The van der Waals surface area contributed by atoms with Crippen molar-refractivity contribution in [1.29, 1.82) is 0 Å². The Morgan fingerprint density at radius 1 is 0.950 bits per heavy atom. The third kappa shape index (κ3) is 3.18. The van der Waals surface area contributed by atoms with Crippen LogP contribution in [0.3, 0.4) is 0 Å². The topological polar surface area (TPSA) is 37.0 Å². The minimum Gasteiger partial charge on any atom is -0.299 e. The maximum Gasteiger partial charge on any atom is 0.202 e. The second kappa shape index (κ2) is 6.07. The Morgan fingerprint density at radius 3 is 2.60 bits per heavy atom. The molecule has 3 rings (SSSR count). The lowest BCUT2D eigenvalue weighted by molar-refractivity contribution is 1.33. The van der Waals surface area contributed by atoms with E-state index in [4.69, 9.17) is 0 Å². The molecule has 0 spiro atoms. The highest BCUT2D eigenvalue weighted by Crippen LogP contribution is 2.26. The molecule has 2 aromatic carbocycles. The van der Waals surface area contributed by atoms with E-state index in [0.717, 1.165) is 26.5 Å². The normalized spacial score (nSPS) is 10.2. The van der Waals surface area contributed by atoms with Gasteiger partial charge in [-0.15, -0.1) is 11.3 Å². The first-order valence-corrected chi connectivity index (χ1v) is 7.77. The minimum absolute atomic E-state index is 0.837. The predicted octanol–water partition coefficient (Wildman–Crippen LogP) is 5.01. The molecule has 0 aliphatic carbocycles. The number of nitrogens with zero attached hydrogens (tertiary/aromatic N) is 1. The van der Waals surface area contributed by atoms with Crippen LogP contribution in [0, 0.1) is 0 Å². The molecule has 20 heavy (non-hydrogen) atoms. The lowest BCUT2D eigenvalue weighted by atomic mass is 10.2. The molecule has 0 saturated carbocycles. The number of aromatic nitrogens is 1. The fraction of sp³-hybridized carbons (Fsp3) is 0. The van der Waals surface area contributed by atoms with E-state index in [1.807, 2.05) is 53.9 Å². The molecule has 100 valence electrons. The van der Waals surface area contributed by atoms with Crippen molar-refractivity contribution in [1.82, 2.24) is 4.98 Å². The fourth-order valence-electron chi connectivity index (χ4n) is 1.76. The Bertz CT molecular complexity index is 697. The summed E-state index contributed by atoms with van der Waals surface area (Å²) in [6, 6.07) is 18.1. The van der Waals surface area contributed by atoms with Gasteiger partial charge in [-0.1, -0.05) is 46.3 Å². The number of hydrogen-bond donors (Lipinski definition) is 2. The van der Waals surface area contributed by atoms with Crippen molar-refractivity contribution in [2.75, 3.05) is 10.9 Å². The van der Waals surface area contributed by atoms with Gasteiger partial charge in [0.1, 0.15) is 0 Å². The van der Waals surface area contributed by atoms with Crippen LogP contribution in [-0.4, -0.2) is 4.98 Å².